The number of halogens is 2. The van der Waals surface area contributed by atoms with Crippen molar-refractivity contribution >= 4 is 40.9 Å². The SMILES string of the molecule is CC.CNc1nc(Sc2cc(C3CC3)ccc2OC)cc(-c2cc(OCc3ccccc3)c(Cl)cc2Cl)n1. The fourth-order valence-electron chi connectivity index (χ4n) is 3.85. The van der Waals surface area contributed by atoms with Crippen molar-refractivity contribution in [3.8, 4) is 22.8 Å². The van der Waals surface area contributed by atoms with E-state index in [1.54, 1.807) is 32.0 Å². The van der Waals surface area contributed by atoms with E-state index in [-0.39, 0.29) is 0 Å². The Balaban J connectivity index is 0.00000164. The molecule has 0 aliphatic heterocycles. The van der Waals surface area contributed by atoms with Crippen molar-refractivity contribution in [2.24, 2.45) is 0 Å². The number of aromatic nitrogens is 2. The lowest BCUT2D eigenvalue weighted by Crippen LogP contribution is -2.00. The van der Waals surface area contributed by atoms with Gasteiger partial charge in [-0.3, -0.25) is 0 Å². The minimum absolute atomic E-state index is 0.394. The van der Waals surface area contributed by atoms with E-state index in [2.05, 4.69) is 27.4 Å². The summed E-state index contributed by atoms with van der Waals surface area (Å²) in [5.41, 5.74) is 3.76. The van der Waals surface area contributed by atoms with Crippen LogP contribution in [-0.2, 0) is 6.61 Å². The largest absolute Gasteiger partial charge is 0.496 e. The summed E-state index contributed by atoms with van der Waals surface area (Å²) in [7, 11) is 3.48. The molecule has 5 rings (SSSR count). The first-order valence-corrected chi connectivity index (χ1v) is 14.2. The van der Waals surface area contributed by atoms with Crippen molar-refractivity contribution in [2.75, 3.05) is 19.5 Å². The van der Waals surface area contributed by atoms with E-state index in [1.807, 2.05) is 62.4 Å². The molecule has 1 fully saturated rings. The zero-order valence-electron chi connectivity index (χ0n) is 21.9. The van der Waals surface area contributed by atoms with Gasteiger partial charge in [-0.1, -0.05) is 85.2 Å². The van der Waals surface area contributed by atoms with Crippen molar-refractivity contribution in [1.82, 2.24) is 9.97 Å². The van der Waals surface area contributed by atoms with Gasteiger partial charge in [0.25, 0.3) is 0 Å². The molecule has 1 aliphatic rings. The quantitative estimate of drug-likeness (QED) is 0.203. The molecule has 8 heteroatoms. The summed E-state index contributed by atoms with van der Waals surface area (Å²) >= 11 is 14.6. The Morgan fingerprint density at radius 3 is 2.37 bits per heavy atom. The molecule has 0 unspecified atom stereocenters. The zero-order valence-corrected chi connectivity index (χ0v) is 24.3. The molecular formula is C30H31Cl2N3O2S. The molecule has 198 valence electrons. The van der Waals surface area contributed by atoms with Crippen LogP contribution in [0.3, 0.4) is 0 Å². The van der Waals surface area contributed by atoms with Crippen LogP contribution >= 0.6 is 35.0 Å². The van der Waals surface area contributed by atoms with Gasteiger partial charge in [0.1, 0.15) is 23.1 Å². The molecular weight excluding hydrogens is 537 g/mol. The summed E-state index contributed by atoms with van der Waals surface area (Å²) < 4.78 is 11.6. The summed E-state index contributed by atoms with van der Waals surface area (Å²) in [6.45, 7) is 4.39. The topological polar surface area (TPSA) is 56.3 Å². The molecule has 0 bridgehead atoms. The normalized spacial score (nSPS) is 12.4. The fraction of sp³-hybridized carbons (Fsp3) is 0.267. The number of nitrogens with one attached hydrogen (secondary N) is 1. The van der Waals surface area contributed by atoms with Crippen molar-refractivity contribution in [2.45, 2.75) is 49.1 Å². The molecule has 0 saturated heterocycles. The van der Waals surface area contributed by atoms with Gasteiger partial charge in [-0.2, -0.15) is 0 Å². The van der Waals surface area contributed by atoms with Gasteiger partial charge in [-0.15, -0.1) is 0 Å². The van der Waals surface area contributed by atoms with E-state index in [0.717, 1.165) is 21.2 Å². The molecule has 1 aliphatic carbocycles. The van der Waals surface area contributed by atoms with E-state index in [4.69, 9.17) is 32.7 Å². The standard InChI is InChI=1S/C28H25Cl2N3O2S.C2H6/c1-31-28-32-23(15-27(33-28)36-26-12-19(18-8-9-18)10-11-24(26)34-2)20-13-25(22(30)14-21(20)29)35-16-17-6-4-3-5-7-17;1-2/h3-7,10-15,18H,8-9,16H2,1-2H3,(H,31,32,33);1-2H3. The van der Waals surface area contributed by atoms with Gasteiger partial charge in [-0.05, 0) is 60.2 Å². The Morgan fingerprint density at radius 2 is 1.68 bits per heavy atom. The number of benzene rings is 3. The number of nitrogens with zero attached hydrogens (tertiary/aromatic N) is 2. The number of ether oxygens (including phenoxy) is 2. The first kappa shape index (κ1) is 28.1. The van der Waals surface area contributed by atoms with Crippen LogP contribution in [0.1, 0.15) is 43.7 Å². The van der Waals surface area contributed by atoms with E-state index < -0.39 is 0 Å². The molecule has 1 heterocycles. The van der Waals surface area contributed by atoms with Crippen LogP contribution in [0.2, 0.25) is 10.0 Å². The smallest absolute Gasteiger partial charge is 0.224 e. The monoisotopic (exact) mass is 567 g/mol. The molecule has 0 radical (unpaired) electrons. The Kier molecular flexibility index (Phi) is 9.78. The van der Waals surface area contributed by atoms with Gasteiger partial charge >= 0.3 is 0 Å². The van der Waals surface area contributed by atoms with Crippen LogP contribution in [0.5, 0.6) is 11.5 Å². The van der Waals surface area contributed by atoms with Crippen LogP contribution in [0.4, 0.5) is 5.95 Å². The fourth-order valence-corrected chi connectivity index (χ4v) is 5.36. The number of anilines is 1. The summed E-state index contributed by atoms with van der Waals surface area (Å²) in [6, 6.07) is 21.8. The van der Waals surface area contributed by atoms with Gasteiger partial charge in [0, 0.05) is 12.6 Å². The molecule has 1 saturated carbocycles. The first-order valence-electron chi connectivity index (χ1n) is 12.6. The van der Waals surface area contributed by atoms with E-state index in [0.29, 0.717) is 45.5 Å². The molecule has 1 N–H and O–H groups in total. The summed E-state index contributed by atoms with van der Waals surface area (Å²) in [4.78, 5) is 10.3. The van der Waals surface area contributed by atoms with Crippen molar-refractivity contribution in [3.63, 3.8) is 0 Å². The molecule has 4 aromatic rings. The second kappa shape index (κ2) is 13.2. The number of hydrogen-bond donors (Lipinski definition) is 1. The van der Waals surface area contributed by atoms with Crippen molar-refractivity contribution < 1.29 is 9.47 Å². The third-order valence-corrected chi connectivity index (χ3v) is 7.48. The Labute approximate surface area is 238 Å². The molecule has 5 nitrogen and oxygen atoms in total. The highest BCUT2D eigenvalue weighted by Gasteiger charge is 2.24. The van der Waals surface area contributed by atoms with Crippen LogP contribution in [0.25, 0.3) is 11.3 Å². The maximum absolute atomic E-state index is 6.62. The molecule has 0 atom stereocenters. The third kappa shape index (κ3) is 6.93. The minimum Gasteiger partial charge on any atom is -0.496 e. The number of methoxy groups -OCH3 is 1. The summed E-state index contributed by atoms with van der Waals surface area (Å²) in [5.74, 6) is 2.49. The van der Waals surface area contributed by atoms with Gasteiger partial charge < -0.3 is 14.8 Å². The van der Waals surface area contributed by atoms with Gasteiger partial charge in [0.15, 0.2) is 0 Å². The highest BCUT2D eigenvalue weighted by molar-refractivity contribution is 7.99. The molecule has 3 aromatic carbocycles. The predicted octanol–water partition coefficient (Wildman–Crippen LogP) is 9.13. The predicted molar refractivity (Wildman–Crippen MR) is 158 cm³/mol. The summed E-state index contributed by atoms with van der Waals surface area (Å²) in [5, 5.41) is 4.75. The van der Waals surface area contributed by atoms with E-state index in [9.17, 15) is 0 Å². The Morgan fingerprint density at radius 1 is 0.921 bits per heavy atom. The number of rotatable bonds is 9. The highest BCUT2D eigenvalue weighted by atomic mass is 35.5. The lowest BCUT2D eigenvalue weighted by molar-refractivity contribution is 0.306. The van der Waals surface area contributed by atoms with Gasteiger partial charge in [0.05, 0.1) is 27.7 Å². The average Bonchev–Trinajstić information content (AvgIpc) is 3.80. The average molecular weight is 569 g/mol. The summed E-state index contributed by atoms with van der Waals surface area (Å²) in [6.07, 6.45) is 2.48. The zero-order chi connectivity index (χ0) is 27.1. The second-order valence-electron chi connectivity index (χ2n) is 8.49. The van der Waals surface area contributed by atoms with E-state index >= 15 is 0 Å². The van der Waals surface area contributed by atoms with Crippen LogP contribution in [0.15, 0.2) is 76.7 Å². The Bertz CT molecular complexity index is 1380. The lowest BCUT2D eigenvalue weighted by atomic mass is 10.1. The lowest BCUT2D eigenvalue weighted by Gasteiger charge is -2.14. The van der Waals surface area contributed by atoms with Crippen LogP contribution in [0, 0.1) is 0 Å². The molecule has 0 spiro atoms. The van der Waals surface area contributed by atoms with Crippen LogP contribution < -0.4 is 14.8 Å². The van der Waals surface area contributed by atoms with Crippen molar-refractivity contribution in [3.05, 3.63) is 87.9 Å². The van der Waals surface area contributed by atoms with Crippen molar-refractivity contribution in [1.29, 1.82) is 0 Å². The molecule has 1 aromatic heterocycles. The number of hydrogen-bond acceptors (Lipinski definition) is 6. The van der Waals surface area contributed by atoms with Gasteiger partial charge in [-0.25, -0.2) is 9.97 Å². The highest BCUT2D eigenvalue weighted by Crippen LogP contribution is 2.44. The Hall–Kier alpha value is -2.93. The molecule has 0 amide bonds. The third-order valence-electron chi connectivity index (χ3n) is 5.91. The second-order valence-corrected chi connectivity index (χ2v) is 10.4. The first-order chi connectivity index (χ1) is 18.5. The maximum Gasteiger partial charge on any atom is 0.224 e. The van der Waals surface area contributed by atoms with E-state index in [1.165, 1.54) is 18.4 Å². The maximum atomic E-state index is 6.62. The van der Waals surface area contributed by atoms with Crippen LogP contribution in [-0.4, -0.2) is 24.1 Å². The van der Waals surface area contributed by atoms with Gasteiger partial charge in [0.2, 0.25) is 5.95 Å². The minimum atomic E-state index is 0.394. The molecule has 38 heavy (non-hydrogen) atoms.